The molecule has 0 unspecified atom stereocenters. The van der Waals surface area contributed by atoms with Gasteiger partial charge in [0, 0.05) is 25.1 Å². The second-order valence-electron chi connectivity index (χ2n) is 6.69. The number of alkyl halides is 3. The van der Waals surface area contributed by atoms with Gasteiger partial charge in [-0.2, -0.15) is 13.2 Å². The van der Waals surface area contributed by atoms with Crippen LogP contribution in [-0.4, -0.2) is 40.1 Å². The maximum atomic E-state index is 12.6. The van der Waals surface area contributed by atoms with Crippen molar-refractivity contribution in [3.8, 4) is 0 Å². The molecule has 7 nitrogen and oxygen atoms in total. The smallest absolute Gasteiger partial charge is 0.416 e. The quantitative estimate of drug-likeness (QED) is 0.703. The Morgan fingerprint density at radius 1 is 1.14 bits per heavy atom. The zero-order valence-corrected chi connectivity index (χ0v) is 15.7. The van der Waals surface area contributed by atoms with Crippen molar-refractivity contribution in [3.63, 3.8) is 0 Å². The van der Waals surface area contributed by atoms with Gasteiger partial charge in [0.15, 0.2) is 6.61 Å². The van der Waals surface area contributed by atoms with Gasteiger partial charge in [-0.05, 0) is 37.1 Å². The molecule has 3 rings (SSSR count). The number of carbonyl (C=O) groups excluding carboxylic acids is 2. The van der Waals surface area contributed by atoms with E-state index in [1.165, 1.54) is 17.0 Å². The zero-order valence-electron chi connectivity index (χ0n) is 15.7. The summed E-state index contributed by atoms with van der Waals surface area (Å²) >= 11 is 0. The number of nitrogens with zero attached hydrogens (tertiary/aromatic N) is 3. The van der Waals surface area contributed by atoms with Crippen molar-refractivity contribution in [1.29, 1.82) is 0 Å². The van der Waals surface area contributed by atoms with Crippen LogP contribution in [0.3, 0.4) is 0 Å². The molecule has 29 heavy (non-hydrogen) atoms. The van der Waals surface area contributed by atoms with E-state index >= 15 is 0 Å². The molecular formula is C19H20F3N3O4. The van der Waals surface area contributed by atoms with Gasteiger partial charge in [-0.1, -0.05) is 6.92 Å². The van der Waals surface area contributed by atoms with Crippen molar-refractivity contribution in [2.24, 2.45) is 5.92 Å². The first-order valence-electron chi connectivity index (χ1n) is 9.22. The number of aromatic nitrogens is 2. The summed E-state index contributed by atoms with van der Waals surface area (Å²) in [5.74, 6) is -0.428. The Bertz CT molecular complexity index is 856. The normalized spacial score (nSPS) is 15.4. The minimum absolute atomic E-state index is 0.101. The van der Waals surface area contributed by atoms with Gasteiger partial charge < -0.3 is 14.1 Å². The number of halogens is 3. The summed E-state index contributed by atoms with van der Waals surface area (Å²) < 4.78 is 48.4. The van der Waals surface area contributed by atoms with E-state index in [0.717, 1.165) is 12.1 Å². The van der Waals surface area contributed by atoms with Crippen LogP contribution in [0.25, 0.3) is 0 Å². The molecule has 0 spiro atoms. The van der Waals surface area contributed by atoms with Crippen molar-refractivity contribution in [2.75, 3.05) is 13.1 Å². The van der Waals surface area contributed by atoms with E-state index < -0.39 is 17.7 Å². The average Bonchev–Trinajstić information content (AvgIpc) is 3.19. The van der Waals surface area contributed by atoms with Crippen LogP contribution in [0.1, 0.15) is 47.5 Å². The number of rotatable bonds is 5. The van der Waals surface area contributed by atoms with Crippen LogP contribution >= 0.6 is 0 Å². The summed E-state index contributed by atoms with van der Waals surface area (Å²) in [5.41, 5.74) is -0.620. The fourth-order valence-electron chi connectivity index (χ4n) is 3.04. The summed E-state index contributed by atoms with van der Waals surface area (Å²) in [6.45, 7) is 2.40. The molecule has 0 saturated carbocycles. The molecule has 1 fully saturated rings. The molecule has 0 atom stereocenters. The molecule has 0 N–H and O–H groups in total. The van der Waals surface area contributed by atoms with Gasteiger partial charge in [-0.15, -0.1) is 10.2 Å². The van der Waals surface area contributed by atoms with Crippen LogP contribution in [-0.2, 0) is 28.7 Å². The predicted octanol–water partition coefficient (Wildman–Crippen LogP) is 3.25. The minimum Gasteiger partial charge on any atom is -0.455 e. The fraction of sp³-hybridized carbons (Fsp3) is 0.474. The lowest BCUT2D eigenvalue weighted by Gasteiger charge is -2.31. The topological polar surface area (TPSA) is 85.5 Å². The molecule has 1 aliphatic rings. The maximum Gasteiger partial charge on any atom is 0.416 e. The zero-order chi connectivity index (χ0) is 21.0. The summed E-state index contributed by atoms with van der Waals surface area (Å²) in [5, 5.41) is 7.56. The number of hydrogen-bond acceptors (Lipinski definition) is 6. The number of carbonyl (C=O) groups is 2. The molecule has 0 bridgehead atoms. The van der Waals surface area contributed by atoms with E-state index in [2.05, 4.69) is 10.2 Å². The molecule has 0 aliphatic carbocycles. The number of ether oxygens (including phenoxy) is 1. The van der Waals surface area contributed by atoms with Crippen LogP contribution in [0.2, 0.25) is 0 Å². The highest BCUT2D eigenvalue weighted by Crippen LogP contribution is 2.29. The molecule has 2 heterocycles. The molecule has 1 amide bonds. The van der Waals surface area contributed by atoms with Crippen LogP contribution < -0.4 is 0 Å². The lowest BCUT2D eigenvalue weighted by Crippen LogP contribution is -2.40. The number of benzene rings is 1. The molecule has 1 aromatic heterocycles. The van der Waals surface area contributed by atoms with E-state index in [4.69, 9.17) is 9.15 Å². The molecule has 1 aliphatic heterocycles. The Balaban J connectivity index is 1.49. The van der Waals surface area contributed by atoms with E-state index in [9.17, 15) is 22.8 Å². The second-order valence-corrected chi connectivity index (χ2v) is 6.69. The second kappa shape index (κ2) is 8.62. The van der Waals surface area contributed by atoms with Gasteiger partial charge in [0.05, 0.1) is 11.5 Å². The Morgan fingerprint density at radius 3 is 2.31 bits per heavy atom. The number of amides is 1. The third-order valence-electron chi connectivity index (χ3n) is 4.72. The first-order valence-corrected chi connectivity index (χ1v) is 9.22. The fourth-order valence-corrected chi connectivity index (χ4v) is 3.04. The highest BCUT2D eigenvalue weighted by molar-refractivity contribution is 5.94. The van der Waals surface area contributed by atoms with Crippen molar-refractivity contribution in [1.82, 2.24) is 15.1 Å². The molecule has 1 saturated heterocycles. The molecule has 1 aromatic carbocycles. The number of piperidine rings is 1. The molecule has 2 aromatic rings. The highest BCUT2D eigenvalue weighted by Gasteiger charge is 2.32. The van der Waals surface area contributed by atoms with Crippen molar-refractivity contribution >= 4 is 11.9 Å². The van der Waals surface area contributed by atoms with Gasteiger partial charge in [-0.3, -0.25) is 9.59 Å². The van der Waals surface area contributed by atoms with Crippen molar-refractivity contribution < 1.29 is 31.9 Å². The van der Waals surface area contributed by atoms with Crippen molar-refractivity contribution in [2.45, 2.75) is 39.0 Å². The van der Waals surface area contributed by atoms with Gasteiger partial charge in [-0.25, -0.2) is 0 Å². The Labute approximate surface area is 164 Å². The molecular weight excluding hydrogens is 391 g/mol. The third-order valence-corrected chi connectivity index (χ3v) is 4.72. The lowest BCUT2D eigenvalue weighted by atomic mass is 9.96. The number of aryl methyl sites for hydroxylation is 1. The largest absolute Gasteiger partial charge is 0.455 e. The number of esters is 1. The highest BCUT2D eigenvalue weighted by atomic mass is 19.4. The van der Waals surface area contributed by atoms with Crippen LogP contribution in [0.15, 0.2) is 28.7 Å². The van der Waals surface area contributed by atoms with E-state index in [1.54, 1.807) is 0 Å². The first kappa shape index (κ1) is 20.8. The lowest BCUT2D eigenvalue weighted by molar-refractivity contribution is -0.152. The van der Waals surface area contributed by atoms with Gasteiger partial charge in [0.2, 0.25) is 5.89 Å². The Hall–Kier alpha value is -2.91. The summed E-state index contributed by atoms with van der Waals surface area (Å²) in [4.78, 5) is 26.2. The van der Waals surface area contributed by atoms with Crippen molar-refractivity contribution in [3.05, 3.63) is 47.2 Å². The SMILES string of the molecule is CCc1nnc(COC(=O)C2CCN(C(=O)c3ccc(C(F)(F)F)cc3)CC2)o1. The summed E-state index contributed by atoms with van der Waals surface area (Å²) in [6.07, 6.45) is -3.03. The monoisotopic (exact) mass is 411 g/mol. The molecule has 10 heteroatoms. The summed E-state index contributed by atoms with van der Waals surface area (Å²) in [6, 6.07) is 4.11. The van der Waals surface area contributed by atoms with Gasteiger partial charge >= 0.3 is 12.1 Å². The Morgan fingerprint density at radius 2 is 1.76 bits per heavy atom. The minimum atomic E-state index is -4.44. The number of likely N-dealkylation sites (tertiary alicyclic amines) is 1. The maximum absolute atomic E-state index is 12.6. The average molecular weight is 411 g/mol. The third kappa shape index (κ3) is 5.12. The van der Waals surface area contributed by atoms with Gasteiger partial charge in [0.25, 0.3) is 11.8 Å². The van der Waals surface area contributed by atoms with E-state index in [1.807, 2.05) is 6.92 Å². The van der Waals surface area contributed by atoms with Gasteiger partial charge in [0.1, 0.15) is 0 Å². The van der Waals surface area contributed by atoms with E-state index in [0.29, 0.717) is 38.2 Å². The van der Waals surface area contributed by atoms with Crippen LogP contribution in [0, 0.1) is 5.92 Å². The Kier molecular flexibility index (Phi) is 6.19. The molecule has 0 radical (unpaired) electrons. The van der Waals surface area contributed by atoms with Crippen LogP contribution in [0.5, 0.6) is 0 Å². The van der Waals surface area contributed by atoms with E-state index in [-0.39, 0.29) is 29.9 Å². The predicted molar refractivity (Wildman–Crippen MR) is 93.5 cm³/mol. The number of hydrogen-bond donors (Lipinski definition) is 0. The first-order chi connectivity index (χ1) is 13.8. The standard InChI is InChI=1S/C19H20F3N3O4/c1-2-15-23-24-16(29-15)11-28-18(27)13-7-9-25(10-8-13)17(26)12-3-5-14(6-4-12)19(20,21)22/h3-6,13H,2,7-11H2,1H3. The summed E-state index contributed by atoms with van der Waals surface area (Å²) in [7, 11) is 0. The van der Waals surface area contributed by atoms with Crippen LogP contribution in [0.4, 0.5) is 13.2 Å². The molecule has 156 valence electrons.